The number of hydrogen-bond donors (Lipinski definition) is 3. The van der Waals surface area contributed by atoms with Gasteiger partial charge in [-0.3, -0.25) is 5.10 Å². The van der Waals surface area contributed by atoms with Crippen molar-refractivity contribution < 1.29 is 5.11 Å². The lowest BCUT2D eigenvalue weighted by molar-refractivity contribution is 0.113. The van der Waals surface area contributed by atoms with Gasteiger partial charge < -0.3 is 10.4 Å². The topological polar surface area (TPSA) is 60.9 Å². The fourth-order valence-electron chi connectivity index (χ4n) is 2.16. The van der Waals surface area contributed by atoms with Gasteiger partial charge in [0.15, 0.2) is 0 Å². The Balaban J connectivity index is 2.20. The number of aromatic nitrogens is 2. The highest BCUT2D eigenvalue weighted by atomic mass is 16.3. The van der Waals surface area contributed by atoms with E-state index in [1.807, 2.05) is 6.20 Å². The highest BCUT2D eigenvalue weighted by Crippen LogP contribution is 2.24. The standard InChI is InChI=1S/C14H27N3O/c1-4-14(5-2,11-18)10-15-8-6-7-13-9-16-17-12(13)3/h9,15,18H,4-8,10-11H2,1-3H3,(H,16,17). The van der Waals surface area contributed by atoms with E-state index in [0.29, 0.717) is 0 Å². The summed E-state index contributed by atoms with van der Waals surface area (Å²) < 4.78 is 0. The van der Waals surface area contributed by atoms with E-state index < -0.39 is 0 Å². The van der Waals surface area contributed by atoms with E-state index in [4.69, 9.17) is 0 Å². The minimum atomic E-state index is 0.0611. The molecule has 0 bridgehead atoms. The molecule has 0 unspecified atom stereocenters. The van der Waals surface area contributed by atoms with E-state index in [1.54, 1.807) is 0 Å². The Morgan fingerprint density at radius 3 is 2.61 bits per heavy atom. The van der Waals surface area contributed by atoms with Gasteiger partial charge in [-0.1, -0.05) is 13.8 Å². The number of nitrogens with one attached hydrogen (secondary N) is 2. The van der Waals surface area contributed by atoms with Crippen LogP contribution in [0.3, 0.4) is 0 Å². The molecule has 1 aromatic rings. The van der Waals surface area contributed by atoms with E-state index in [9.17, 15) is 5.11 Å². The smallest absolute Gasteiger partial charge is 0.0522 e. The lowest BCUT2D eigenvalue weighted by Crippen LogP contribution is -2.37. The van der Waals surface area contributed by atoms with Gasteiger partial charge in [-0.2, -0.15) is 5.10 Å². The highest BCUT2D eigenvalue weighted by Gasteiger charge is 2.24. The third-order valence-electron chi connectivity index (χ3n) is 4.07. The van der Waals surface area contributed by atoms with Gasteiger partial charge in [-0.05, 0) is 44.7 Å². The van der Waals surface area contributed by atoms with E-state index in [0.717, 1.165) is 38.8 Å². The Morgan fingerprint density at radius 1 is 1.39 bits per heavy atom. The van der Waals surface area contributed by atoms with Crippen molar-refractivity contribution >= 4 is 0 Å². The van der Waals surface area contributed by atoms with Crippen LogP contribution in [0.5, 0.6) is 0 Å². The SMILES string of the molecule is CCC(CC)(CO)CNCCCc1cn[nH]c1C. The van der Waals surface area contributed by atoms with Gasteiger partial charge in [0.1, 0.15) is 0 Å². The van der Waals surface area contributed by atoms with Crippen LogP contribution in [0, 0.1) is 12.3 Å². The zero-order chi connectivity index (χ0) is 13.4. The number of rotatable bonds is 9. The van der Waals surface area contributed by atoms with E-state index >= 15 is 0 Å². The first kappa shape index (κ1) is 15.2. The lowest BCUT2D eigenvalue weighted by Gasteiger charge is -2.29. The van der Waals surface area contributed by atoms with Crippen molar-refractivity contribution in [2.75, 3.05) is 19.7 Å². The molecule has 0 amide bonds. The van der Waals surface area contributed by atoms with Crippen LogP contribution < -0.4 is 5.32 Å². The Hall–Kier alpha value is -0.870. The Bertz CT molecular complexity index is 323. The van der Waals surface area contributed by atoms with Crippen molar-refractivity contribution in [3.8, 4) is 0 Å². The van der Waals surface area contributed by atoms with Crippen LogP contribution in [-0.4, -0.2) is 35.0 Å². The summed E-state index contributed by atoms with van der Waals surface area (Å²) in [6.07, 6.45) is 6.11. The first-order chi connectivity index (χ1) is 8.67. The van der Waals surface area contributed by atoms with E-state index in [2.05, 4.69) is 36.3 Å². The quantitative estimate of drug-likeness (QED) is 0.590. The van der Waals surface area contributed by atoms with Gasteiger partial charge in [0, 0.05) is 24.3 Å². The summed E-state index contributed by atoms with van der Waals surface area (Å²) in [5.74, 6) is 0. The second kappa shape index (κ2) is 7.54. The summed E-state index contributed by atoms with van der Waals surface area (Å²) in [5, 5.41) is 19.9. The number of aliphatic hydroxyl groups is 1. The molecular weight excluding hydrogens is 226 g/mol. The summed E-state index contributed by atoms with van der Waals surface area (Å²) >= 11 is 0. The summed E-state index contributed by atoms with van der Waals surface area (Å²) in [4.78, 5) is 0. The molecule has 104 valence electrons. The molecule has 0 saturated heterocycles. The maximum absolute atomic E-state index is 9.47. The molecule has 0 aliphatic heterocycles. The molecule has 1 aromatic heterocycles. The predicted molar refractivity (Wildman–Crippen MR) is 74.6 cm³/mol. The van der Waals surface area contributed by atoms with Gasteiger partial charge in [-0.15, -0.1) is 0 Å². The number of aryl methyl sites for hydroxylation is 2. The molecule has 1 rings (SSSR count). The molecule has 18 heavy (non-hydrogen) atoms. The van der Waals surface area contributed by atoms with Gasteiger partial charge in [0.05, 0.1) is 6.20 Å². The summed E-state index contributed by atoms with van der Waals surface area (Å²) in [5.41, 5.74) is 2.53. The fourth-order valence-corrected chi connectivity index (χ4v) is 2.16. The molecule has 0 aromatic carbocycles. The Labute approximate surface area is 110 Å². The number of H-pyrrole nitrogens is 1. The zero-order valence-corrected chi connectivity index (χ0v) is 11.9. The van der Waals surface area contributed by atoms with Crippen LogP contribution in [0.1, 0.15) is 44.4 Å². The van der Waals surface area contributed by atoms with Crippen molar-refractivity contribution in [2.24, 2.45) is 5.41 Å². The van der Waals surface area contributed by atoms with Gasteiger partial charge in [0.25, 0.3) is 0 Å². The number of aliphatic hydroxyl groups excluding tert-OH is 1. The zero-order valence-electron chi connectivity index (χ0n) is 11.9. The average molecular weight is 253 g/mol. The predicted octanol–water partition coefficient (Wildman–Crippen LogP) is 2.04. The van der Waals surface area contributed by atoms with E-state index in [-0.39, 0.29) is 12.0 Å². The lowest BCUT2D eigenvalue weighted by atomic mass is 9.83. The molecule has 3 N–H and O–H groups in total. The molecule has 0 saturated carbocycles. The Kier molecular flexibility index (Phi) is 6.36. The third kappa shape index (κ3) is 4.10. The van der Waals surface area contributed by atoms with Crippen LogP contribution in [0.4, 0.5) is 0 Å². The Morgan fingerprint density at radius 2 is 2.11 bits per heavy atom. The van der Waals surface area contributed by atoms with Gasteiger partial charge >= 0.3 is 0 Å². The minimum absolute atomic E-state index is 0.0611. The maximum atomic E-state index is 9.47. The molecular formula is C14H27N3O. The molecule has 0 radical (unpaired) electrons. The van der Waals surface area contributed by atoms with Crippen LogP contribution >= 0.6 is 0 Å². The summed E-state index contributed by atoms with van der Waals surface area (Å²) in [6, 6.07) is 0. The maximum Gasteiger partial charge on any atom is 0.0522 e. The van der Waals surface area contributed by atoms with Crippen molar-refractivity contribution in [1.82, 2.24) is 15.5 Å². The van der Waals surface area contributed by atoms with Crippen LogP contribution in [-0.2, 0) is 6.42 Å². The molecule has 4 heteroatoms. The third-order valence-corrected chi connectivity index (χ3v) is 4.07. The summed E-state index contributed by atoms with van der Waals surface area (Å²) in [6.45, 7) is 8.52. The van der Waals surface area contributed by atoms with Gasteiger partial charge in [-0.25, -0.2) is 0 Å². The molecule has 4 nitrogen and oxygen atoms in total. The first-order valence-electron chi connectivity index (χ1n) is 6.98. The number of nitrogens with zero attached hydrogens (tertiary/aromatic N) is 1. The molecule has 0 spiro atoms. The van der Waals surface area contributed by atoms with Crippen LogP contribution in [0.2, 0.25) is 0 Å². The van der Waals surface area contributed by atoms with Crippen molar-refractivity contribution in [3.05, 3.63) is 17.5 Å². The fraction of sp³-hybridized carbons (Fsp3) is 0.786. The normalized spacial score (nSPS) is 12.0. The van der Waals surface area contributed by atoms with Crippen LogP contribution in [0.25, 0.3) is 0 Å². The average Bonchev–Trinajstić information content (AvgIpc) is 2.80. The number of aromatic amines is 1. The van der Waals surface area contributed by atoms with Crippen molar-refractivity contribution in [1.29, 1.82) is 0 Å². The molecule has 0 aliphatic rings. The van der Waals surface area contributed by atoms with Gasteiger partial charge in [0.2, 0.25) is 0 Å². The van der Waals surface area contributed by atoms with Crippen molar-refractivity contribution in [3.63, 3.8) is 0 Å². The highest BCUT2D eigenvalue weighted by molar-refractivity contribution is 5.14. The molecule has 1 heterocycles. The largest absolute Gasteiger partial charge is 0.396 e. The second-order valence-electron chi connectivity index (χ2n) is 5.17. The molecule has 0 aliphatic carbocycles. The monoisotopic (exact) mass is 253 g/mol. The molecule has 0 fully saturated rings. The van der Waals surface area contributed by atoms with Crippen molar-refractivity contribution in [2.45, 2.75) is 46.5 Å². The first-order valence-corrected chi connectivity index (χ1v) is 6.98. The van der Waals surface area contributed by atoms with Crippen LogP contribution in [0.15, 0.2) is 6.20 Å². The molecule has 0 atom stereocenters. The minimum Gasteiger partial charge on any atom is -0.396 e. The van der Waals surface area contributed by atoms with E-state index in [1.165, 1.54) is 11.3 Å². The number of hydrogen-bond acceptors (Lipinski definition) is 3. The second-order valence-corrected chi connectivity index (χ2v) is 5.17. The summed E-state index contributed by atoms with van der Waals surface area (Å²) in [7, 11) is 0.